The van der Waals surface area contributed by atoms with E-state index in [-0.39, 0.29) is 28.2 Å². The van der Waals surface area contributed by atoms with E-state index < -0.39 is 23.2 Å². The number of alkyl halides is 3. The lowest BCUT2D eigenvalue weighted by atomic mass is 9.96. The number of pyridine rings is 1. The second-order valence-corrected chi connectivity index (χ2v) is 7.15. The van der Waals surface area contributed by atoms with Crippen molar-refractivity contribution in [2.45, 2.75) is 19.1 Å². The Labute approximate surface area is 183 Å². The molecule has 4 aromatic rings. The first-order valence-corrected chi connectivity index (χ1v) is 9.86. The van der Waals surface area contributed by atoms with Crippen LogP contribution in [0, 0.1) is 0 Å². The van der Waals surface area contributed by atoms with Crippen LogP contribution in [0.5, 0.6) is 0 Å². The molecule has 0 aliphatic rings. The van der Waals surface area contributed by atoms with Crippen LogP contribution < -0.4 is 11.5 Å². The molecule has 4 N–H and O–H groups in total. The lowest BCUT2D eigenvalue weighted by Gasteiger charge is -2.17. The van der Waals surface area contributed by atoms with Crippen LogP contribution in [-0.2, 0) is 6.18 Å². The third kappa shape index (κ3) is 5.12. The van der Waals surface area contributed by atoms with Gasteiger partial charge in [-0.3, -0.25) is 4.79 Å². The minimum atomic E-state index is -4.76. The number of hydrogen-bond acceptors (Lipinski definition) is 3. The van der Waals surface area contributed by atoms with Gasteiger partial charge in [0.25, 0.3) is 0 Å². The number of aromatic nitrogens is 1. The van der Waals surface area contributed by atoms with E-state index in [1.807, 2.05) is 37.3 Å². The number of rotatable bonds is 3. The van der Waals surface area contributed by atoms with E-state index in [2.05, 4.69) is 4.98 Å². The summed E-state index contributed by atoms with van der Waals surface area (Å²) in [6.07, 6.45) is -4.76. The van der Waals surface area contributed by atoms with Gasteiger partial charge >= 0.3 is 6.18 Å². The standard InChI is InChI=1S/C17H11F3N2O.C8H11N/c18-17(19,20)14-13(16(21)23)11-8-4-5-9-12(11)22-15(14)10-6-2-1-3-7-10;1-7(9)8-5-3-2-4-6-8/h1-9H,(H2,21,23);2-7H,9H2,1H3/t;7-/m.0/s1. The average Bonchev–Trinajstić information content (AvgIpc) is 2.78. The Kier molecular flexibility index (Phi) is 6.90. The van der Waals surface area contributed by atoms with E-state index in [0.29, 0.717) is 0 Å². The summed E-state index contributed by atoms with van der Waals surface area (Å²) in [5.41, 5.74) is 10.7. The van der Waals surface area contributed by atoms with Crippen LogP contribution in [0.2, 0.25) is 0 Å². The SMILES string of the molecule is C[C@H](N)c1ccccc1.NC(=O)c1c(C(F)(F)F)c(-c2ccccc2)nc2ccccc12. The van der Waals surface area contributed by atoms with Crippen molar-refractivity contribution in [1.82, 2.24) is 4.98 Å². The molecular weight excluding hydrogens is 415 g/mol. The van der Waals surface area contributed by atoms with Gasteiger partial charge in [0.05, 0.1) is 22.3 Å². The number of carbonyl (C=O) groups is 1. The molecule has 0 saturated carbocycles. The molecule has 0 aliphatic heterocycles. The summed E-state index contributed by atoms with van der Waals surface area (Å²) in [5.74, 6) is -1.13. The van der Waals surface area contributed by atoms with Crippen LogP contribution in [0.1, 0.15) is 34.5 Å². The number of benzene rings is 3. The number of nitrogens with two attached hydrogens (primary N) is 2. The molecule has 0 saturated heterocycles. The molecule has 7 heteroatoms. The van der Waals surface area contributed by atoms with Crippen molar-refractivity contribution in [1.29, 1.82) is 0 Å². The highest BCUT2D eigenvalue weighted by Gasteiger charge is 2.40. The van der Waals surface area contributed by atoms with Crippen LogP contribution in [-0.4, -0.2) is 10.9 Å². The van der Waals surface area contributed by atoms with Crippen molar-refractivity contribution in [3.63, 3.8) is 0 Å². The number of halogens is 3. The fourth-order valence-corrected chi connectivity index (χ4v) is 3.31. The maximum Gasteiger partial charge on any atom is 0.419 e. The van der Waals surface area contributed by atoms with Crippen LogP contribution in [0.4, 0.5) is 13.2 Å². The number of nitrogens with zero attached hydrogens (tertiary/aromatic N) is 1. The maximum absolute atomic E-state index is 13.6. The Morgan fingerprint density at radius 2 is 1.41 bits per heavy atom. The normalized spacial score (nSPS) is 12.0. The van der Waals surface area contributed by atoms with Crippen molar-refractivity contribution in [2.24, 2.45) is 11.5 Å². The first kappa shape index (κ1) is 23.0. The smallest absolute Gasteiger partial charge is 0.366 e. The predicted octanol–water partition coefficient (Wildman–Crippen LogP) is 5.73. The number of amides is 1. The van der Waals surface area contributed by atoms with E-state index in [1.54, 1.807) is 36.4 Å². The minimum absolute atomic E-state index is 0.0898. The number of hydrogen-bond donors (Lipinski definition) is 2. The second-order valence-electron chi connectivity index (χ2n) is 7.15. The van der Waals surface area contributed by atoms with Crippen LogP contribution in [0.15, 0.2) is 84.9 Å². The van der Waals surface area contributed by atoms with Gasteiger partial charge in [-0.2, -0.15) is 13.2 Å². The summed E-state index contributed by atoms with van der Waals surface area (Å²) in [6.45, 7) is 1.98. The quantitative estimate of drug-likeness (QED) is 0.430. The maximum atomic E-state index is 13.6. The molecule has 3 aromatic carbocycles. The van der Waals surface area contributed by atoms with Gasteiger partial charge < -0.3 is 11.5 Å². The van der Waals surface area contributed by atoms with Crippen molar-refractivity contribution < 1.29 is 18.0 Å². The van der Waals surface area contributed by atoms with Crippen molar-refractivity contribution in [3.05, 3.63) is 102 Å². The number of carbonyl (C=O) groups excluding carboxylic acids is 1. The summed E-state index contributed by atoms with van der Waals surface area (Å²) < 4.78 is 40.9. The predicted molar refractivity (Wildman–Crippen MR) is 120 cm³/mol. The molecule has 0 unspecified atom stereocenters. The summed E-state index contributed by atoms with van der Waals surface area (Å²) >= 11 is 0. The highest BCUT2D eigenvalue weighted by molar-refractivity contribution is 6.08. The Bertz CT molecular complexity index is 1210. The van der Waals surface area contributed by atoms with Crippen LogP contribution in [0.25, 0.3) is 22.2 Å². The Morgan fingerprint density at radius 1 is 0.875 bits per heavy atom. The average molecular weight is 437 g/mol. The first-order valence-electron chi connectivity index (χ1n) is 9.86. The van der Waals surface area contributed by atoms with Gasteiger partial charge in [0, 0.05) is 17.0 Å². The molecule has 32 heavy (non-hydrogen) atoms. The second kappa shape index (κ2) is 9.62. The zero-order chi connectivity index (χ0) is 23.3. The molecule has 164 valence electrons. The Hall–Kier alpha value is -3.71. The molecule has 0 bridgehead atoms. The van der Waals surface area contributed by atoms with Crippen LogP contribution >= 0.6 is 0 Å². The first-order chi connectivity index (χ1) is 15.2. The number of para-hydroxylation sites is 1. The molecule has 1 amide bonds. The van der Waals surface area contributed by atoms with Gasteiger partial charge in [-0.15, -0.1) is 0 Å². The zero-order valence-corrected chi connectivity index (χ0v) is 17.3. The highest BCUT2D eigenvalue weighted by Crippen LogP contribution is 2.40. The number of fused-ring (bicyclic) bond motifs is 1. The molecule has 0 fully saturated rings. The van der Waals surface area contributed by atoms with Crippen molar-refractivity contribution >= 4 is 16.8 Å². The molecule has 1 heterocycles. The van der Waals surface area contributed by atoms with Crippen LogP contribution in [0.3, 0.4) is 0 Å². The summed E-state index contributed by atoms with van der Waals surface area (Å²) in [5, 5.41) is 0.0898. The molecule has 0 spiro atoms. The monoisotopic (exact) mass is 437 g/mol. The van der Waals surface area contributed by atoms with E-state index in [0.717, 1.165) is 0 Å². The molecular formula is C25H22F3N3O. The Balaban J connectivity index is 0.000000269. The number of primary amides is 1. The summed E-state index contributed by atoms with van der Waals surface area (Å²) in [7, 11) is 0. The van der Waals surface area contributed by atoms with Gasteiger partial charge in [0.1, 0.15) is 0 Å². The Morgan fingerprint density at radius 3 is 1.91 bits per heavy atom. The van der Waals surface area contributed by atoms with E-state index in [4.69, 9.17) is 11.5 Å². The van der Waals surface area contributed by atoms with Gasteiger partial charge in [-0.25, -0.2) is 4.98 Å². The van der Waals surface area contributed by atoms with Crippen molar-refractivity contribution in [3.8, 4) is 11.3 Å². The molecule has 4 rings (SSSR count). The van der Waals surface area contributed by atoms with Gasteiger partial charge in [0.15, 0.2) is 0 Å². The molecule has 4 nitrogen and oxygen atoms in total. The topological polar surface area (TPSA) is 82.0 Å². The third-order valence-electron chi connectivity index (χ3n) is 4.79. The van der Waals surface area contributed by atoms with E-state index >= 15 is 0 Å². The van der Waals surface area contributed by atoms with E-state index in [9.17, 15) is 18.0 Å². The fourth-order valence-electron chi connectivity index (χ4n) is 3.31. The largest absolute Gasteiger partial charge is 0.419 e. The lowest BCUT2D eigenvalue weighted by Crippen LogP contribution is -2.21. The van der Waals surface area contributed by atoms with Gasteiger partial charge in [-0.05, 0) is 18.6 Å². The summed E-state index contributed by atoms with van der Waals surface area (Å²) in [6, 6.07) is 24.3. The molecule has 1 aromatic heterocycles. The minimum Gasteiger partial charge on any atom is -0.366 e. The zero-order valence-electron chi connectivity index (χ0n) is 17.3. The molecule has 1 atom stereocenters. The molecule has 0 aliphatic carbocycles. The highest BCUT2D eigenvalue weighted by atomic mass is 19.4. The third-order valence-corrected chi connectivity index (χ3v) is 4.79. The van der Waals surface area contributed by atoms with Gasteiger partial charge in [0.2, 0.25) is 5.91 Å². The van der Waals surface area contributed by atoms with Gasteiger partial charge in [-0.1, -0.05) is 78.9 Å². The molecule has 0 radical (unpaired) electrons. The van der Waals surface area contributed by atoms with Crippen molar-refractivity contribution in [2.75, 3.05) is 0 Å². The lowest BCUT2D eigenvalue weighted by molar-refractivity contribution is -0.137. The fraction of sp³-hybridized carbons (Fsp3) is 0.120. The van der Waals surface area contributed by atoms with E-state index in [1.165, 1.54) is 23.8 Å². The summed E-state index contributed by atoms with van der Waals surface area (Å²) in [4.78, 5) is 15.9.